The second kappa shape index (κ2) is 3.57. The first-order chi connectivity index (χ1) is 6.37. The number of amides is 1. The van der Waals surface area contributed by atoms with E-state index in [1.54, 1.807) is 13.8 Å². The third-order valence-electron chi connectivity index (χ3n) is 2.48. The average molecular weight is 200 g/mol. The Hall–Kier alpha value is -1.10. The van der Waals surface area contributed by atoms with Gasteiger partial charge in [-0.2, -0.15) is 0 Å². The molecule has 0 bridgehead atoms. The number of carboxylic acid groups (broad SMARTS) is 1. The third kappa shape index (κ3) is 2.04. The second-order valence-electron chi connectivity index (χ2n) is 4.09. The van der Waals surface area contributed by atoms with Gasteiger partial charge in [-0.3, -0.25) is 4.79 Å². The quantitative estimate of drug-likeness (QED) is 0.646. The van der Waals surface area contributed by atoms with E-state index in [0.717, 1.165) is 0 Å². The summed E-state index contributed by atoms with van der Waals surface area (Å²) in [5.74, 6) is -1.12. The van der Waals surface area contributed by atoms with Crippen molar-refractivity contribution in [2.75, 3.05) is 6.54 Å². The Kier molecular flexibility index (Phi) is 2.80. The largest absolute Gasteiger partial charge is 0.480 e. The fraction of sp³-hybridized carbons (Fsp3) is 0.778. The number of aliphatic carboxylic acids is 1. The van der Waals surface area contributed by atoms with Gasteiger partial charge in [0.2, 0.25) is 5.91 Å². The molecule has 1 aliphatic heterocycles. The van der Waals surface area contributed by atoms with Crippen LogP contribution in [0.3, 0.4) is 0 Å². The number of carboxylic acids is 1. The Morgan fingerprint density at radius 2 is 2.21 bits per heavy atom. The average Bonchev–Trinajstić information content (AvgIpc) is 2.40. The molecule has 1 fully saturated rings. The molecular weight excluding hydrogens is 184 g/mol. The van der Waals surface area contributed by atoms with Crippen LogP contribution in [0.15, 0.2) is 0 Å². The monoisotopic (exact) mass is 200 g/mol. The van der Waals surface area contributed by atoms with E-state index in [0.29, 0.717) is 19.4 Å². The van der Waals surface area contributed by atoms with Gasteiger partial charge in [-0.1, -0.05) is 6.92 Å². The van der Waals surface area contributed by atoms with Gasteiger partial charge in [0, 0.05) is 18.5 Å². The number of carbonyl (C=O) groups excluding carboxylic acids is 1. The highest BCUT2D eigenvalue weighted by molar-refractivity contribution is 5.84. The van der Waals surface area contributed by atoms with Crippen LogP contribution >= 0.6 is 0 Å². The van der Waals surface area contributed by atoms with E-state index in [4.69, 9.17) is 10.8 Å². The zero-order chi connectivity index (χ0) is 10.9. The number of rotatable bonds is 2. The Morgan fingerprint density at radius 3 is 2.64 bits per heavy atom. The summed E-state index contributed by atoms with van der Waals surface area (Å²) in [4.78, 5) is 23.7. The van der Waals surface area contributed by atoms with E-state index in [1.807, 2.05) is 0 Å². The fourth-order valence-corrected chi connectivity index (χ4v) is 1.80. The van der Waals surface area contributed by atoms with Gasteiger partial charge < -0.3 is 15.7 Å². The first-order valence-corrected chi connectivity index (χ1v) is 4.68. The molecule has 2 atom stereocenters. The minimum absolute atomic E-state index is 0.147. The Balaban J connectivity index is 2.83. The van der Waals surface area contributed by atoms with Gasteiger partial charge in [0.1, 0.15) is 6.04 Å². The summed E-state index contributed by atoms with van der Waals surface area (Å²) in [7, 11) is 0. The lowest BCUT2D eigenvalue weighted by molar-refractivity contribution is -0.148. The molecular formula is C9H16N2O3. The van der Waals surface area contributed by atoms with Gasteiger partial charge in [-0.05, 0) is 13.3 Å². The molecule has 0 radical (unpaired) electrons. The maximum Gasteiger partial charge on any atom is 0.326 e. The fourth-order valence-electron chi connectivity index (χ4n) is 1.80. The molecule has 5 nitrogen and oxygen atoms in total. The maximum atomic E-state index is 11.4. The van der Waals surface area contributed by atoms with E-state index >= 15 is 0 Å². The zero-order valence-electron chi connectivity index (χ0n) is 8.49. The number of hydrogen-bond acceptors (Lipinski definition) is 3. The molecule has 3 N–H and O–H groups in total. The summed E-state index contributed by atoms with van der Waals surface area (Å²) >= 11 is 0. The Bertz CT molecular complexity index is 263. The van der Waals surface area contributed by atoms with E-state index < -0.39 is 17.6 Å². The minimum Gasteiger partial charge on any atom is -0.480 e. The molecule has 0 spiro atoms. The smallest absolute Gasteiger partial charge is 0.326 e. The van der Waals surface area contributed by atoms with Crippen LogP contribution in [0.25, 0.3) is 0 Å². The molecule has 1 unspecified atom stereocenters. The predicted molar refractivity (Wildman–Crippen MR) is 50.6 cm³/mol. The van der Waals surface area contributed by atoms with Gasteiger partial charge in [0.15, 0.2) is 0 Å². The van der Waals surface area contributed by atoms with Crippen LogP contribution in [-0.4, -0.2) is 40.0 Å². The van der Waals surface area contributed by atoms with Crippen molar-refractivity contribution in [3.8, 4) is 0 Å². The standard InChI is InChI=1S/C9H16N2O3/c1-3-7(12)11-5-9(2,10)4-6(11)8(13)14/h6H,3-5,10H2,1-2H3,(H,13,14)/t6?,9-/m1/s1. The van der Waals surface area contributed by atoms with Gasteiger partial charge in [0.05, 0.1) is 0 Å². The minimum atomic E-state index is -0.971. The van der Waals surface area contributed by atoms with Crippen LogP contribution in [0.2, 0.25) is 0 Å². The van der Waals surface area contributed by atoms with Crippen LogP contribution in [0.1, 0.15) is 26.7 Å². The molecule has 1 saturated heterocycles. The summed E-state index contributed by atoms with van der Waals surface area (Å²) in [6, 6.07) is -0.752. The first-order valence-electron chi connectivity index (χ1n) is 4.68. The number of nitrogens with two attached hydrogens (primary N) is 1. The van der Waals surface area contributed by atoms with Gasteiger partial charge in [-0.25, -0.2) is 4.79 Å². The van der Waals surface area contributed by atoms with Crippen molar-refractivity contribution in [2.45, 2.75) is 38.3 Å². The molecule has 0 aromatic rings. The molecule has 1 aliphatic rings. The summed E-state index contributed by atoms with van der Waals surface area (Å²) in [6.45, 7) is 3.82. The van der Waals surface area contributed by atoms with Crippen LogP contribution in [0.4, 0.5) is 0 Å². The molecule has 1 heterocycles. The summed E-state index contributed by atoms with van der Waals surface area (Å²) in [6.07, 6.45) is 0.647. The molecule has 1 amide bonds. The molecule has 14 heavy (non-hydrogen) atoms. The van der Waals surface area contributed by atoms with Crippen molar-refractivity contribution in [1.82, 2.24) is 4.90 Å². The van der Waals surface area contributed by atoms with Crippen molar-refractivity contribution in [2.24, 2.45) is 5.73 Å². The number of nitrogens with zero attached hydrogens (tertiary/aromatic N) is 1. The summed E-state index contributed by atoms with van der Waals surface area (Å²) in [5, 5.41) is 8.91. The third-order valence-corrected chi connectivity index (χ3v) is 2.48. The number of hydrogen-bond donors (Lipinski definition) is 2. The van der Waals surface area contributed by atoms with Crippen LogP contribution in [-0.2, 0) is 9.59 Å². The van der Waals surface area contributed by atoms with E-state index in [1.165, 1.54) is 4.90 Å². The molecule has 1 rings (SSSR count). The number of carbonyl (C=O) groups is 2. The highest BCUT2D eigenvalue weighted by Gasteiger charge is 2.43. The lowest BCUT2D eigenvalue weighted by atomic mass is 10.0. The molecule has 0 saturated carbocycles. The first kappa shape index (κ1) is 11.0. The van der Waals surface area contributed by atoms with Crippen molar-refractivity contribution < 1.29 is 14.7 Å². The summed E-state index contributed by atoms with van der Waals surface area (Å²) < 4.78 is 0. The topological polar surface area (TPSA) is 83.6 Å². The van der Waals surface area contributed by atoms with Crippen LogP contribution in [0.5, 0.6) is 0 Å². The zero-order valence-corrected chi connectivity index (χ0v) is 8.49. The van der Waals surface area contributed by atoms with E-state index in [9.17, 15) is 9.59 Å². The highest BCUT2D eigenvalue weighted by Crippen LogP contribution is 2.25. The molecule has 0 aromatic carbocycles. The van der Waals surface area contributed by atoms with Crippen molar-refractivity contribution >= 4 is 11.9 Å². The highest BCUT2D eigenvalue weighted by atomic mass is 16.4. The SMILES string of the molecule is CCC(=O)N1C[C@](C)(N)CC1C(=O)O. The van der Waals surface area contributed by atoms with E-state index in [-0.39, 0.29) is 5.91 Å². The molecule has 0 aromatic heterocycles. The molecule has 0 aliphatic carbocycles. The second-order valence-corrected chi connectivity index (χ2v) is 4.09. The molecule has 5 heteroatoms. The van der Waals surface area contributed by atoms with E-state index in [2.05, 4.69) is 0 Å². The Morgan fingerprint density at radius 1 is 1.64 bits per heavy atom. The Labute approximate surface area is 82.9 Å². The van der Waals surface area contributed by atoms with Crippen LogP contribution in [0, 0.1) is 0 Å². The van der Waals surface area contributed by atoms with Crippen LogP contribution < -0.4 is 5.73 Å². The van der Waals surface area contributed by atoms with Gasteiger partial charge >= 0.3 is 5.97 Å². The lowest BCUT2D eigenvalue weighted by Gasteiger charge is -2.21. The molecule has 80 valence electrons. The maximum absolute atomic E-state index is 11.4. The predicted octanol–water partition coefficient (Wildman–Crippen LogP) is -0.201. The number of likely N-dealkylation sites (tertiary alicyclic amines) is 1. The van der Waals surface area contributed by atoms with Gasteiger partial charge in [-0.15, -0.1) is 0 Å². The summed E-state index contributed by atoms with van der Waals surface area (Å²) in [5.41, 5.74) is 5.26. The lowest BCUT2D eigenvalue weighted by Crippen LogP contribution is -2.42. The van der Waals surface area contributed by atoms with Crippen molar-refractivity contribution in [3.63, 3.8) is 0 Å². The van der Waals surface area contributed by atoms with Crippen molar-refractivity contribution in [1.29, 1.82) is 0 Å². The normalized spacial score (nSPS) is 31.9. The van der Waals surface area contributed by atoms with Crippen molar-refractivity contribution in [3.05, 3.63) is 0 Å². The van der Waals surface area contributed by atoms with Gasteiger partial charge in [0.25, 0.3) is 0 Å².